The number of nitrogens with zero attached hydrogens (tertiary/aromatic N) is 2. The summed E-state index contributed by atoms with van der Waals surface area (Å²) in [6.07, 6.45) is 4.68. The molecule has 2 aromatic rings. The normalized spacial score (nSPS) is 14.0. The molecule has 118 valence electrons. The molecule has 0 aliphatic rings. The van der Waals surface area contributed by atoms with E-state index < -0.39 is 7.75 Å². The highest BCUT2D eigenvalue weighted by atomic mass is 31.2. The molecular formula is C16H21N2O3P. The van der Waals surface area contributed by atoms with E-state index in [0.29, 0.717) is 19.4 Å². The maximum Gasteiger partial charge on any atom is 0.405 e. The van der Waals surface area contributed by atoms with Crippen LogP contribution in [0.15, 0.2) is 54.9 Å². The number of hydrogen-bond donors (Lipinski definition) is 1. The first-order valence-corrected chi connectivity index (χ1v) is 8.73. The average molecular weight is 320 g/mol. The second-order valence-electron chi connectivity index (χ2n) is 5.05. The summed E-state index contributed by atoms with van der Waals surface area (Å²) in [6, 6.07) is 13.6. The smallest absolute Gasteiger partial charge is 0.312 e. The van der Waals surface area contributed by atoms with Crippen molar-refractivity contribution < 1.29 is 14.0 Å². The van der Waals surface area contributed by atoms with Crippen molar-refractivity contribution in [2.45, 2.75) is 12.8 Å². The summed E-state index contributed by atoms with van der Waals surface area (Å²) in [5, 5.41) is 0. The highest BCUT2D eigenvalue weighted by Gasteiger charge is 2.25. The quantitative estimate of drug-likeness (QED) is 0.758. The predicted molar refractivity (Wildman–Crippen MR) is 86.5 cm³/mol. The number of aromatic nitrogens is 1. The van der Waals surface area contributed by atoms with E-state index in [1.54, 1.807) is 19.4 Å². The Morgan fingerprint density at radius 3 is 2.55 bits per heavy atom. The first-order valence-electron chi connectivity index (χ1n) is 7.20. The van der Waals surface area contributed by atoms with E-state index >= 15 is 0 Å². The van der Waals surface area contributed by atoms with E-state index in [4.69, 9.17) is 4.52 Å². The Morgan fingerprint density at radius 2 is 1.86 bits per heavy atom. The minimum Gasteiger partial charge on any atom is -0.312 e. The van der Waals surface area contributed by atoms with Crippen LogP contribution in [0.2, 0.25) is 0 Å². The standard InChI is InChI=1S/C16H21N2O3P/c1-18(12-9-15-6-3-2-4-7-15)22(19,20)21-13-10-16-8-5-11-17-14-16/h2-8,11,14H,9-10,12-13H2,1H3,(H,19,20). The molecule has 0 amide bonds. The van der Waals surface area contributed by atoms with Crippen LogP contribution in [0.3, 0.4) is 0 Å². The van der Waals surface area contributed by atoms with E-state index in [-0.39, 0.29) is 6.61 Å². The Labute approximate surface area is 131 Å². The summed E-state index contributed by atoms with van der Waals surface area (Å²) in [6.45, 7) is 0.653. The lowest BCUT2D eigenvalue weighted by molar-refractivity contribution is 0.215. The lowest BCUT2D eigenvalue weighted by atomic mass is 10.2. The molecular weight excluding hydrogens is 299 g/mol. The molecule has 0 fully saturated rings. The highest BCUT2D eigenvalue weighted by molar-refractivity contribution is 7.50. The monoisotopic (exact) mass is 320 g/mol. The second kappa shape index (κ2) is 8.20. The van der Waals surface area contributed by atoms with E-state index in [2.05, 4.69) is 4.98 Å². The zero-order valence-electron chi connectivity index (χ0n) is 12.6. The molecule has 0 aliphatic heterocycles. The van der Waals surface area contributed by atoms with Gasteiger partial charge in [-0.15, -0.1) is 0 Å². The van der Waals surface area contributed by atoms with E-state index in [1.165, 1.54) is 4.67 Å². The molecule has 0 saturated carbocycles. The third-order valence-corrected chi connectivity index (χ3v) is 4.95. The van der Waals surface area contributed by atoms with Crippen LogP contribution in [0.1, 0.15) is 11.1 Å². The number of rotatable bonds is 8. The molecule has 0 aliphatic carbocycles. The number of benzene rings is 1. The first-order chi connectivity index (χ1) is 10.6. The molecule has 6 heteroatoms. The van der Waals surface area contributed by atoms with Crippen molar-refractivity contribution >= 4 is 7.75 Å². The van der Waals surface area contributed by atoms with Gasteiger partial charge in [0.1, 0.15) is 0 Å². The van der Waals surface area contributed by atoms with Crippen LogP contribution in [0, 0.1) is 0 Å². The molecule has 5 nitrogen and oxygen atoms in total. The van der Waals surface area contributed by atoms with Gasteiger partial charge in [0.25, 0.3) is 0 Å². The molecule has 22 heavy (non-hydrogen) atoms. The molecule has 1 aromatic heterocycles. The first kappa shape index (κ1) is 16.8. The van der Waals surface area contributed by atoms with Crippen LogP contribution in [0.25, 0.3) is 0 Å². The van der Waals surface area contributed by atoms with Crippen LogP contribution >= 0.6 is 7.75 Å². The Bertz CT molecular complexity index is 607. The van der Waals surface area contributed by atoms with Crippen molar-refractivity contribution in [2.75, 3.05) is 20.2 Å². The third-order valence-electron chi connectivity index (χ3n) is 3.37. The average Bonchev–Trinajstić information content (AvgIpc) is 2.54. The fourth-order valence-electron chi connectivity index (χ4n) is 1.99. The van der Waals surface area contributed by atoms with Crippen molar-refractivity contribution in [2.24, 2.45) is 0 Å². The Kier molecular flexibility index (Phi) is 6.28. The van der Waals surface area contributed by atoms with Crippen LogP contribution in [0.4, 0.5) is 0 Å². The van der Waals surface area contributed by atoms with E-state index in [1.807, 2.05) is 42.5 Å². The molecule has 1 aromatic carbocycles. The van der Waals surface area contributed by atoms with Gasteiger partial charge < -0.3 is 4.89 Å². The van der Waals surface area contributed by atoms with Gasteiger partial charge in [0.05, 0.1) is 6.61 Å². The van der Waals surface area contributed by atoms with Gasteiger partial charge in [0.15, 0.2) is 0 Å². The second-order valence-corrected chi connectivity index (χ2v) is 6.97. The fraction of sp³-hybridized carbons (Fsp3) is 0.312. The zero-order chi connectivity index (χ0) is 15.8. The molecule has 0 saturated heterocycles. The summed E-state index contributed by atoms with van der Waals surface area (Å²) < 4.78 is 18.7. The van der Waals surface area contributed by atoms with Crippen LogP contribution in [-0.4, -0.2) is 34.7 Å². The topological polar surface area (TPSA) is 62.7 Å². The lowest BCUT2D eigenvalue weighted by Gasteiger charge is -2.22. The number of pyridine rings is 1. The summed E-state index contributed by atoms with van der Waals surface area (Å²) in [7, 11) is -2.14. The molecule has 2 rings (SSSR count). The zero-order valence-corrected chi connectivity index (χ0v) is 13.5. The van der Waals surface area contributed by atoms with Gasteiger partial charge >= 0.3 is 7.75 Å². The summed E-state index contributed by atoms with van der Waals surface area (Å²) in [5.41, 5.74) is 2.11. The Balaban J connectivity index is 1.77. The summed E-state index contributed by atoms with van der Waals surface area (Å²) in [4.78, 5) is 14.0. The summed E-state index contributed by atoms with van der Waals surface area (Å²) in [5.74, 6) is 0. The lowest BCUT2D eigenvalue weighted by Crippen LogP contribution is -2.20. The minimum atomic E-state index is -3.74. The minimum absolute atomic E-state index is 0.190. The number of likely N-dealkylation sites (N-methyl/N-ethyl adjacent to an activating group) is 1. The molecule has 1 heterocycles. The number of hydrogen-bond acceptors (Lipinski definition) is 3. The maximum absolute atomic E-state index is 12.2. The van der Waals surface area contributed by atoms with Gasteiger partial charge in [-0.3, -0.25) is 9.51 Å². The summed E-state index contributed by atoms with van der Waals surface area (Å²) >= 11 is 0. The SMILES string of the molecule is CN(CCc1ccccc1)P(=O)(O)OCCc1cccnc1. The van der Waals surface area contributed by atoms with Gasteiger partial charge in [-0.2, -0.15) is 0 Å². The predicted octanol–water partition coefficient (Wildman–Crippen LogP) is 2.92. The van der Waals surface area contributed by atoms with E-state index in [0.717, 1.165) is 11.1 Å². The molecule has 0 bridgehead atoms. The van der Waals surface area contributed by atoms with Crippen molar-refractivity contribution in [1.82, 2.24) is 9.65 Å². The molecule has 0 radical (unpaired) electrons. The van der Waals surface area contributed by atoms with Crippen molar-refractivity contribution in [3.05, 3.63) is 66.0 Å². The van der Waals surface area contributed by atoms with Gasteiger partial charge in [-0.1, -0.05) is 36.4 Å². The Hall–Kier alpha value is -1.52. The molecule has 1 N–H and O–H groups in total. The molecule has 0 spiro atoms. The van der Waals surface area contributed by atoms with Crippen LogP contribution in [0.5, 0.6) is 0 Å². The van der Waals surface area contributed by atoms with Gasteiger partial charge in [0.2, 0.25) is 0 Å². The largest absolute Gasteiger partial charge is 0.405 e. The van der Waals surface area contributed by atoms with Crippen molar-refractivity contribution in [3.8, 4) is 0 Å². The van der Waals surface area contributed by atoms with Crippen molar-refractivity contribution in [3.63, 3.8) is 0 Å². The molecule has 1 atom stereocenters. The van der Waals surface area contributed by atoms with Gasteiger partial charge in [0, 0.05) is 18.9 Å². The van der Waals surface area contributed by atoms with Crippen molar-refractivity contribution in [1.29, 1.82) is 0 Å². The molecule has 1 unspecified atom stereocenters. The third kappa shape index (κ3) is 5.35. The maximum atomic E-state index is 12.2. The van der Waals surface area contributed by atoms with Crippen LogP contribution < -0.4 is 0 Å². The van der Waals surface area contributed by atoms with Gasteiger partial charge in [-0.05, 0) is 37.1 Å². The Morgan fingerprint density at radius 1 is 1.14 bits per heavy atom. The van der Waals surface area contributed by atoms with Gasteiger partial charge in [-0.25, -0.2) is 9.24 Å². The van der Waals surface area contributed by atoms with Crippen LogP contribution in [-0.2, 0) is 21.9 Å². The highest BCUT2D eigenvalue weighted by Crippen LogP contribution is 2.44. The van der Waals surface area contributed by atoms with E-state index in [9.17, 15) is 9.46 Å². The fourth-order valence-corrected chi connectivity index (χ4v) is 2.87.